The van der Waals surface area contributed by atoms with Crippen molar-refractivity contribution in [2.24, 2.45) is 0 Å². The number of carbonyl (C=O) groups excluding carboxylic acids is 2. The number of rotatable bonds is 41. The smallest absolute Gasteiger partial charge is 0.307 e. The van der Waals surface area contributed by atoms with E-state index in [0.717, 1.165) is 78.3 Å². The van der Waals surface area contributed by atoms with Crippen LogP contribution in [0.4, 0.5) is 0 Å². The highest BCUT2D eigenvalue weighted by molar-refractivity contribution is 5.69. The molecule has 1 heterocycles. The van der Waals surface area contributed by atoms with Crippen molar-refractivity contribution < 1.29 is 19.1 Å². The summed E-state index contributed by atoms with van der Waals surface area (Å²) in [7, 11) is 0. The van der Waals surface area contributed by atoms with Gasteiger partial charge in [0.05, 0.1) is 26.1 Å². The number of nitrogens with zero attached hydrogens (tertiary/aromatic N) is 2. The van der Waals surface area contributed by atoms with E-state index in [0.29, 0.717) is 39.1 Å². The molecule has 0 bridgehead atoms. The standard InChI is InChI=1S/C44H89N5O4/c1-3-5-7-9-11-13-15-17-19-21-23-25-41-52-43(50)27-29-45-31-32-47-34-36-49-39-37-48(38-40-49)35-33-46-30-28-44(51)53-42-26-24-22-20-18-16-14-12-10-8-6-4-2/h45-47H,3-42H2,1-2H3. The summed E-state index contributed by atoms with van der Waals surface area (Å²) in [5, 5.41) is 10.3. The van der Waals surface area contributed by atoms with E-state index in [1.807, 2.05) is 0 Å². The fourth-order valence-corrected chi connectivity index (χ4v) is 7.05. The highest BCUT2D eigenvalue weighted by atomic mass is 16.5. The van der Waals surface area contributed by atoms with Gasteiger partial charge in [0.1, 0.15) is 0 Å². The predicted octanol–water partition coefficient (Wildman–Crippen LogP) is 8.64. The fourth-order valence-electron chi connectivity index (χ4n) is 7.05. The summed E-state index contributed by atoms with van der Waals surface area (Å²) >= 11 is 0. The Bertz CT molecular complexity index is 778. The van der Waals surface area contributed by atoms with Gasteiger partial charge in [0.2, 0.25) is 0 Å². The van der Waals surface area contributed by atoms with Gasteiger partial charge in [-0.05, 0) is 12.8 Å². The van der Waals surface area contributed by atoms with Gasteiger partial charge in [-0.2, -0.15) is 0 Å². The van der Waals surface area contributed by atoms with E-state index in [-0.39, 0.29) is 11.9 Å². The van der Waals surface area contributed by atoms with Gasteiger partial charge in [0, 0.05) is 78.5 Å². The third-order valence-corrected chi connectivity index (χ3v) is 10.7. The van der Waals surface area contributed by atoms with Crippen molar-refractivity contribution in [1.29, 1.82) is 0 Å². The molecule has 314 valence electrons. The lowest BCUT2D eigenvalue weighted by atomic mass is 10.1. The van der Waals surface area contributed by atoms with E-state index in [1.165, 1.54) is 141 Å². The largest absolute Gasteiger partial charge is 0.466 e. The summed E-state index contributed by atoms with van der Waals surface area (Å²) in [5.74, 6) is -0.151. The van der Waals surface area contributed by atoms with Gasteiger partial charge in [-0.3, -0.25) is 19.4 Å². The van der Waals surface area contributed by atoms with Crippen LogP contribution in [0.1, 0.15) is 181 Å². The van der Waals surface area contributed by atoms with Gasteiger partial charge in [-0.1, -0.05) is 155 Å². The lowest BCUT2D eigenvalue weighted by molar-refractivity contribution is -0.144. The molecule has 0 aliphatic carbocycles. The molecule has 9 nitrogen and oxygen atoms in total. The number of unbranched alkanes of at least 4 members (excludes halogenated alkanes) is 22. The van der Waals surface area contributed by atoms with Crippen molar-refractivity contribution in [1.82, 2.24) is 25.8 Å². The van der Waals surface area contributed by atoms with E-state index >= 15 is 0 Å². The second-order valence-corrected chi connectivity index (χ2v) is 15.7. The summed E-state index contributed by atoms with van der Waals surface area (Å²) in [6.45, 7) is 17.2. The van der Waals surface area contributed by atoms with E-state index in [1.54, 1.807) is 0 Å². The molecule has 1 saturated heterocycles. The summed E-state index contributed by atoms with van der Waals surface area (Å²) in [5.41, 5.74) is 0. The van der Waals surface area contributed by atoms with Crippen molar-refractivity contribution >= 4 is 11.9 Å². The van der Waals surface area contributed by atoms with Crippen LogP contribution in [0.15, 0.2) is 0 Å². The maximum absolute atomic E-state index is 12.0. The Morgan fingerprint density at radius 3 is 1.02 bits per heavy atom. The van der Waals surface area contributed by atoms with Gasteiger partial charge in [0.15, 0.2) is 0 Å². The predicted molar refractivity (Wildman–Crippen MR) is 225 cm³/mol. The van der Waals surface area contributed by atoms with Crippen LogP contribution in [0, 0.1) is 0 Å². The average Bonchev–Trinajstić information content (AvgIpc) is 3.16. The van der Waals surface area contributed by atoms with Crippen LogP contribution in [0.5, 0.6) is 0 Å². The molecule has 0 aromatic heterocycles. The Balaban J connectivity index is 1.78. The molecule has 0 unspecified atom stereocenters. The van der Waals surface area contributed by atoms with E-state index in [2.05, 4.69) is 39.6 Å². The van der Waals surface area contributed by atoms with Crippen LogP contribution in [-0.2, 0) is 19.1 Å². The minimum Gasteiger partial charge on any atom is -0.466 e. The van der Waals surface area contributed by atoms with Gasteiger partial charge < -0.3 is 25.4 Å². The van der Waals surface area contributed by atoms with Gasteiger partial charge in [0.25, 0.3) is 0 Å². The zero-order valence-corrected chi connectivity index (χ0v) is 35.3. The van der Waals surface area contributed by atoms with Crippen LogP contribution < -0.4 is 16.0 Å². The van der Waals surface area contributed by atoms with Crippen LogP contribution >= 0.6 is 0 Å². The molecule has 1 fully saturated rings. The number of hydrogen-bond donors (Lipinski definition) is 3. The first-order chi connectivity index (χ1) is 26.2. The third-order valence-electron chi connectivity index (χ3n) is 10.7. The average molecular weight is 752 g/mol. The van der Waals surface area contributed by atoms with Crippen LogP contribution in [0.3, 0.4) is 0 Å². The zero-order chi connectivity index (χ0) is 38.1. The molecule has 0 amide bonds. The fraction of sp³-hybridized carbons (Fsp3) is 0.955. The Morgan fingerprint density at radius 2 is 0.679 bits per heavy atom. The van der Waals surface area contributed by atoms with Crippen molar-refractivity contribution in [2.45, 2.75) is 181 Å². The molecular formula is C44H89N5O4. The molecule has 0 radical (unpaired) electrons. The third kappa shape index (κ3) is 36.2. The molecule has 0 aromatic rings. The Labute approximate surface area is 328 Å². The van der Waals surface area contributed by atoms with Crippen LogP contribution in [0.2, 0.25) is 0 Å². The summed E-state index contributed by atoms with van der Waals surface area (Å²) in [6.07, 6.45) is 32.5. The van der Waals surface area contributed by atoms with Crippen molar-refractivity contribution in [3.05, 3.63) is 0 Å². The normalized spacial score (nSPS) is 13.8. The Morgan fingerprint density at radius 1 is 0.396 bits per heavy atom. The van der Waals surface area contributed by atoms with Crippen molar-refractivity contribution in [3.8, 4) is 0 Å². The molecule has 53 heavy (non-hydrogen) atoms. The minimum atomic E-state index is -0.0800. The molecule has 1 aliphatic rings. The number of carbonyl (C=O) groups is 2. The molecule has 0 atom stereocenters. The van der Waals surface area contributed by atoms with E-state index < -0.39 is 0 Å². The molecule has 3 N–H and O–H groups in total. The van der Waals surface area contributed by atoms with Crippen LogP contribution in [0.25, 0.3) is 0 Å². The monoisotopic (exact) mass is 752 g/mol. The number of ether oxygens (including phenoxy) is 2. The molecule has 1 aliphatic heterocycles. The van der Waals surface area contributed by atoms with Gasteiger partial charge in [-0.25, -0.2) is 0 Å². The molecule has 0 aromatic carbocycles. The number of piperazine rings is 1. The number of esters is 2. The first-order valence-corrected chi connectivity index (χ1v) is 23.0. The summed E-state index contributed by atoms with van der Waals surface area (Å²) < 4.78 is 10.8. The maximum atomic E-state index is 12.0. The second-order valence-electron chi connectivity index (χ2n) is 15.7. The van der Waals surface area contributed by atoms with Crippen molar-refractivity contribution in [2.75, 3.05) is 91.8 Å². The highest BCUT2D eigenvalue weighted by Crippen LogP contribution is 2.13. The first-order valence-electron chi connectivity index (χ1n) is 23.0. The Kier molecular flexibility index (Phi) is 37.9. The van der Waals surface area contributed by atoms with E-state index in [4.69, 9.17) is 9.47 Å². The first kappa shape index (κ1) is 49.8. The summed E-state index contributed by atoms with van der Waals surface area (Å²) in [6, 6.07) is 0. The van der Waals surface area contributed by atoms with E-state index in [9.17, 15) is 9.59 Å². The van der Waals surface area contributed by atoms with Crippen LogP contribution in [-0.4, -0.2) is 113 Å². The number of nitrogens with one attached hydrogen (secondary N) is 3. The lowest BCUT2D eigenvalue weighted by Crippen LogP contribution is -2.49. The quantitative estimate of drug-likeness (QED) is 0.0419. The Hall–Kier alpha value is -1.26. The second kappa shape index (κ2) is 40.4. The molecule has 0 spiro atoms. The molecule has 1 rings (SSSR count). The topological polar surface area (TPSA) is 95.2 Å². The van der Waals surface area contributed by atoms with Crippen molar-refractivity contribution in [3.63, 3.8) is 0 Å². The summed E-state index contributed by atoms with van der Waals surface area (Å²) in [4.78, 5) is 29.1. The highest BCUT2D eigenvalue weighted by Gasteiger charge is 2.16. The van der Waals surface area contributed by atoms with Gasteiger partial charge >= 0.3 is 11.9 Å². The maximum Gasteiger partial charge on any atom is 0.307 e. The molecule has 9 heteroatoms. The number of hydrogen-bond acceptors (Lipinski definition) is 9. The molecule has 0 saturated carbocycles. The molecular weight excluding hydrogens is 663 g/mol. The van der Waals surface area contributed by atoms with Gasteiger partial charge in [-0.15, -0.1) is 0 Å². The SMILES string of the molecule is CCCCCCCCCCCCCCOC(=O)CCNCCNCCN1CCN(CCNCCC(=O)OCCCCCCCCCCCCCC)CC1. The minimum absolute atomic E-state index is 0.0707. The zero-order valence-electron chi connectivity index (χ0n) is 35.3. The lowest BCUT2D eigenvalue weighted by Gasteiger charge is -2.34.